The van der Waals surface area contributed by atoms with E-state index in [4.69, 9.17) is 0 Å². The molecule has 10 heteroatoms. The summed E-state index contributed by atoms with van der Waals surface area (Å²) in [5, 5.41) is 21.6. The average molecular weight is 350 g/mol. The quantitative estimate of drug-likeness (QED) is 0.719. The van der Waals surface area contributed by atoms with Crippen molar-refractivity contribution in [3.05, 3.63) is 36.9 Å². The highest BCUT2D eigenvalue weighted by atomic mass is 16.2. The molecule has 3 aromatic rings. The van der Waals surface area contributed by atoms with Gasteiger partial charge in [0.05, 0.1) is 23.8 Å². The van der Waals surface area contributed by atoms with Crippen molar-refractivity contribution >= 4 is 23.2 Å². The van der Waals surface area contributed by atoms with E-state index in [1.807, 2.05) is 0 Å². The van der Waals surface area contributed by atoms with Crippen LogP contribution in [-0.4, -0.2) is 42.2 Å². The molecular weight excluding hydrogens is 336 g/mol. The van der Waals surface area contributed by atoms with Gasteiger partial charge in [-0.2, -0.15) is 0 Å². The molecule has 0 aliphatic carbocycles. The first-order valence-electron chi connectivity index (χ1n) is 7.56. The standard InChI is InChI=1S/C16H14N8O2/c1-9(25)19-13-7-17-5-3-11(13)15-21-23-16(24-22-15)12-4-6-18-8-14(12)20-10(2)26/h3-8H,1-2H3,(H,19,25)(H,20,26). The summed E-state index contributed by atoms with van der Waals surface area (Å²) in [4.78, 5) is 30.6. The second-order valence-corrected chi connectivity index (χ2v) is 5.25. The molecule has 0 aliphatic heterocycles. The highest BCUT2D eigenvalue weighted by Gasteiger charge is 2.14. The van der Waals surface area contributed by atoms with E-state index in [2.05, 4.69) is 41.0 Å². The number of nitrogens with one attached hydrogen (secondary N) is 2. The normalized spacial score (nSPS) is 10.2. The fourth-order valence-corrected chi connectivity index (χ4v) is 2.20. The summed E-state index contributed by atoms with van der Waals surface area (Å²) in [5.41, 5.74) is 2.00. The molecule has 2 N–H and O–H groups in total. The predicted molar refractivity (Wildman–Crippen MR) is 92.7 cm³/mol. The smallest absolute Gasteiger partial charge is 0.221 e. The maximum absolute atomic E-state index is 11.3. The van der Waals surface area contributed by atoms with Crippen molar-refractivity contribution in [3.8, 4) is 22.8 Å². The third kappa shape index (κ3) is 3.80. The Morgan fingerprint density at radius 1 is 0.731 bits per heavy atom. The van der Waals surface area contributed by atoms with Crippen LogP contribution in [-0.2, 0) is 9.59 Å². The summed E-state index contributed by atoms with van der Waals surface area (Å²) in [6.45, 7) is 2.79. The predicted octanol–water partition coefficient (Wildman–Crippen LogP) is 1.31. The summed E-state index contributed by atoms with van der Waals surface area (Å²) in [7, 11) is 0. The van der Waals surface area contributed by atoms with Gasteiger partial charge in [-0.3, -0.25) is 19.6 Å². The average Bonchev–Trinajstić information content (AvgIpc) is 2.62. The zero-order chi connectivity index (χ0) is 18.5. The number of carbonyl (C=O) groups is 2. The van der Waals surface area contributed by atoms with Crippen LogP contribution >= 0.6 is 0 Å². The van der Waals surface area contributed by atoms with Gasteiger partial charge in [-0.1, -0.05) is 0 Å². The van der Waals surface area contributed by atoms with E-state index < -0.39 is 0 Å². The first-order chi connectivity index (χ1) is 12.5. The maximum atomic E-state index is 11.3. The number of carbonyl (C=O) groups excluding carboxylic acids is 2. The molecule has 3 rings (SSSR count). The lowest BCUT2D eigenvalue weighted by Crippen LogP contribution is -2.10. The Morgan fingerprint density at radius 2 is 1.12 bits per heavy atom. The van der Waals surface area contributed by atoms with Gasteiger partial charge in [-0.15, -0.1) is 20.4 Å². The lowest BCUT2D eigenvalue weighted by atomic mass is 10.2. The van der Waals surface area contributed by atoms with Gasteiger partial charge in [0.25, 0.3) is 0 Å². The first kappa shape index (κ1) is 17.0. The van der Waals surface area contributed by atoms with Gasteiger partial charge >= 0.3 is 0 Å². The molecule has 0 aromatic carbocycles. The van der Waals surface area contributed by atoms with E-state index in [1.54, 1.807) is 24.5 Å². The van der Waals surface area contributed by atoms with E-state index in [9.17, 15) is 9.59 Å². The van der Waals surface area contributed by atoms with Crippen molar-refractivity contribution < 1.29 is 9.59 Å². The minimum atomic E-state index is -0.242. The summed E-state index contributed by atoms with van der Waals surface area (Å²) in [5.74, 6) is -0.0212. The number of pyridine rings is 2. The number of nitrogens with zero attached hydrogens (tertiary/aromatic N) is 6. The van der Waals surface area contributed by atoms with Crippen molar-refractivity contribution in [2.24, 2.45) is 0 Å². The van der Waals surface area contributed by atoms with Crippen LogP contribution in [0.1, 0.15) is 13.8 Å². The summed E-state index contributed by atoms with van der Waals surface area (Å²) in [6, 6.07) is 3.30. The van der Waals surface area contributed by atoms with Crippen molar-refractivity contribution in [1.82, 2.24) is 30.4 Å². The van der Waals surface area contributed by atoms with Crippen LogP contribution in [0, 0.1) is 0 Å². The lowest BCUT2D eigenvalue weighted by molar-refractivity contribution is -0.115. The molecule has 10 nitrogen and oxygen atoms in total. The van der Waals surface area contributed by atoms with Gasteiger partial charge in [0.15, 0.2) is 0 Å². The fraction of sp³-hybridized carbons (Fsp3) is 0.125. The minimum absolute atomic E-state index is 0.232. The zero-order valence-corrected chi connectivity index (χ0v) is 14.0. The van der Waals surface area contributed by atoms with Crippen molar-refractivity contribution in [3.63, 3.8) is 0 Å². The highest BCUT2D eigenvalue weighted by molar-refractivity contribution is 5.93. The monoisotopic (exact) mass is 350 g/mol. The van der Waals surface area contributed by atoms with E-state index in [-0.39, 0.29) is 23.5 Å². The Morgan fingerprint density at radius 3 is 1.46 bits per heavy atom. The van der Waals surface area contributed by atoms with Gasteiger partial charge in [0, 0.05) is 37.4 Å². The van der Waals surface area contributed by atoms with Gasteiger partial charge in [0.1, 0.15) is 0 Å². The molecule has 3 aromatic heterocycles. The number of anilines is 2. The Kier molecular flexibility index (Phi) is 4.83. The van der Waals surface area contributed by atoms with Crippen LogP contribution in [0.3, 0.4) is 0 Å². The molecule has 0 radical (unpaired) electrons. The van der Waals surface area contributed by atoms with Gasteiger partial charge < -0.3 is 10.6 Å². The van der Waals surface area contributed by atoms with Crippen LogP contribution in [0.2, 0.25) is 0 Å². The molecule has 26 heavy (non-hydrogen) atoms. The third-order valence-electron chi connectivity index (χ3n) is 3.22. The van der Waals surface area contributed by atoms with Crippen molar-refractivity contribution in [2.45, 2.75) is 13.8 Å². The molecule has 0 unspecified atom stereocenters. The SMILES string of the molecule is CC(=O)Nc1cnccc1-c1nnc(-c2ccncc2NC(C)=O)nn1. The second-order valence-electron chi connectivity index (χ2n) is 5.25. The molecule has 0 spiro atoms. The molecule has 2 amide bonds. The van der Waals surface area contributed by atoms with Gasteiger partial charge in [0.2, 0.25) is 23.5 Å². The minimum Gasteiger partial charge on any atom is -0.324 e. The van der Waals surface area contributed by atoms with Crippen molar-refractivity contribution in [2.75, 3.05) is 10.6 Å². The maximum Gasteiger partial charge on any atom is 0.221 e. The van der Waals surface area contributed by atoms with Crippen LogP contribution in [0.15, 0.2) is 36.9 Å². The zero-order valence-electron chi connectivity index (χ0n) is 14.0. The van der Waals surface area contributed by atoms with E-state index >= 15 is 0 Å². The fourth-order valence-electron chi connectivity index (χ4n) is 2.20. The number of rotatable bonds is 4. The van der Waals surface area contributed by atoms with Crippen LogP contribution in [0.4, 0.5) is 11.4 Å². The van der Waals surface area contributed by atoms with Crippen molar-refractivity contribution in [1.29, 1.82) is 0 Å². The third-order valence-corrected chi connectivity index (χ3v) is 3.22. The molecule has 130 valence electrons. The molecule has 0 fully saturated rings. The molecule has 0 aliphatic rings. The number of aromatic nitrogens is 6. The Hall–Kier alpha value is -3.82. The number of hydrogen-bond acceptors (Lipinski definition) is 8. The van der Waals surface area contributed by atoms with E-state index in [0.29, 0.717) is 22.5 Å². The second kappa shape index (κ2) is 7.38. The van der Waals surface area contributed by atoms with Gasteiger partial charge in [-0.25, -0.2) is 0 Å². The highest BCUT2D eigenvalue weighted by Crippen LogP contribution is 2.25. The first-order valence-corrected chi connectivity index (χ1v) is 7.56. The van der Waals surface area contributed by atoms with E-state index in [1.165, 1.54) is 26.2 Å². The van der Waals surface area contributed by atoms with Gasteiger partial charge in [-0.05, 0) is 12.1 Å². The number of hydrogen-bond donors (Lipinski definition) is 2. The summed E-state index contributed by atoms with van der Waals surface area (Å²) < 4.78 is 0. The largest absolute Gasteiger partial charge is 0.324 e. The Bertz CT molecular complexity index is 880. The molecular formula is C16H14N8O2. The van der Waals surface area contributed by atoms with Crippen LogP contribution < -0.4 is 10.6 Å². The molecule has 0 bridgehead atoms. The summed E-state index contributed by atoms with van der Waals surface area (Å²) >= 11 is 0. The Balaban J connectivity index is 1.96. The molecule has 0 saturated heterocycles. The molecule has 3 heterocycles. The summed E-state index contributed by atoms with van der Waals surface area (Å²) in [6.07, 6.45) is 6.09. The van der Waals surface area contributed by atoms with Crippen LogP contribution in [0.25, 0.3) is 22.8 Å². The number of amides is 2. The molecule has 0 saturated carbocycles. The Labute approximate surface area is 148 Å². The van der Waals surface area contributed by atoms with Crippen LogP contribution in [0.5, 0.6) is 0 Å². The topological polar surface area (TPSA) is 136 Å². The lowest BCUT2D eigenvalue weighted by Gasteiger charge is -2.09. The van der Waals surface area contributed by atoms with E-state index in [0.717, 1.165) is 0 Å². The molecule has 0 atom stereocenters.